The first-order valence-corrected chi connectivity index (χ1v) is 8.01. The third kappa shape index (κ3) is 5.73. The van der Waals surface area contributed by atoms with Crippen LogP contribution in [-0.4, -0.2) is 23.7 Å². The van der Waals surface area contributed by atoms with Gasteiger partial charge in [-0.2, -0.15) is 0 Å². The zero-order valence-corrected chi connectivity index (χ0v) is 13.6. The second kappa shape index (κ2) is 8.01. The molecule has 1 aromatic heterocycles. The van der Waals surface area contributed by atoms with Gasteiger partial charge in [-0.25, -0.2) is 0 Å². The maximum Gasteiger partial charge on any atom is 0.573 e. The Kier molecular flexibility index (Phi) is 6.03. The summed E-state index contributed by atoms with van der Waals surface area (Å²) in [6, 6.07) is 9.17. The smallest absolute Gasteiger partial charge is 0.406 e. The van der Waals surface area contributed by atoms with E-state index in [0.29, 0.717) is 18.7 Å². The standard InChI is InChI=1S/C17H16F3NO2S/c1-2-9-21(12-15-4-3-10-24-15)16(22)11-13-5-7-14(8-6-13)23-17(18,19)20/h2-8,10H,1,9,11-12H2. The fourth-order valence-electron chi connectivity index (χ4n) is 2.10. The summed E-state index contributed by atoms with van der Waals surface area (Å²) in [5.41, 5.74) is 0.620. The second-order valence-electron chi connectivity index (χ2n) is 5.01. The van der Waals surface area contributed by atoms with Crippen molar-refractivity contribution in [3.63, 3.8) is 0 Å². The van der Waals surface area contributed by atoms with E-state index >= 15 is 0 Å². The third-order valence-electron chi connectivity index (χ3n) is 3.14. The van der Waals surface area contributed by atoms with Crippen molar-refractivity contribution in [1.82, 2.24) is 4.90 Å². The van der Waals surface area contributed by atoms with Crippen LogP contribution in [0, 0.1) is 0 Å². The Morgan fingerprint density at radius 2 is 1.96 bits per heavy atom. The van der Waals surface area contributed by atoms with E-state index in [1.807, 2.05) is 17.5 Å². The molecule has 0 saturated carbocycles. The van der Waals surface area contributed by atoms with Gasteiger partial charge in [0.1, 0.15) is 5.75 Å². The summed E-state index contributed by atoms with van der Waals surface area (Å²) < 4.78 is 40.2. The number of alkyl halides is 3. The van der Waals surface area contributed by atoms with Crippen molar-refractivity contribution in [3.05, 3.63) is 64.9 Å². The molecule has 3 nitrogen and oxygen atoms in total. The highest BCUT2D eigenvalue weighted by Crippen LogP contribution is 2.23. The highest BCUT2D eigenvalue weighted by Gasteiger charge is 2.31. The predicted molar refractivity (Wildman–Crippen MR) is 86.8 cm³/mol. The van der Waals surface area contributed by atoms with E-state index in [9.17, 15) is 18.0 Å². The number of thiophene rings is 1. The third-order valence-corrected chi connectivity index (χ3v) is 4.00. The zero-order chi connectivity index (χ0) is 17.6. The minimum atomic E-state index is -4.72. The summed E-state index contributed by atoms with van der Waals surface area (Å²) in [5.74, 6) is -0.423. The average Bonchev–Trinajstić information content (AvgIpc) is 3.00. The number of nitrogens with zero attached hydrogens (tertiary/aromatic N) is 1. The van der Waals surface area contributed by atoms with E-state index < -0.39 is 6.36 Å². The van der Waals surface area contributed by atoms with Crippen LogP contribution in [0.5, 0.6) is 5.75 Å². The number of halogens is 3. The largest absolute Gasteiger partial charge is 0.573 e. The van der Waals surface area contributed by atoms with E-state index in [0.717, 1.165) is 4.88 Å². The molecule has 1 aromatic carbocycles. The number of hydrogen-bond donors (Lipinski definition) is 0. The molecule has 128 valence electrons. The van der Waals surface area contributed by atoms with Gasteiger partial charge in [0.15, 0.2) is 0 Å². The quantitative estimate of drug-likeness (QED) is 0.689. The molecule has 1 amide bonds. The lowest BCUT2D eigenvalue weighted by molar-refractivity contribution is -0.274. The highest BCUT2D eigenvalue weighted by atomic mass is 32.1. The Morgan fingerprint density at radius 3 is 2.50 bits per heavy atom. The lowest BCUT2D eigenvalue weighted by atomic mass is 10.1. The Hall–Kier alpha value is -2.28. The molecule has 0 atom stereocenters. The molecule has 0 N–H and O–H groups in total. The lowest BCUT2D eigenvalue weighted by Gasteiger charge is -2.20. The maximum atomic E-state index is 12.4. The summed E-state index contributed by atoms with van der Waals surface area (Å²) in [5, 5.41) is 1.94. The van der Waals surface area contributed by atoms with Crippen LogP contribution < -0.4 is 4.74 Å². The van der Waals surface area contributed by atoms with Crippen LogP contribution in [0.1, 0.15) is 10.4 Å². The summed E-state index contributed by atoms with van der Waals surface area (Å²) in [4.78, 5) is 15.1. The molecule has 2 rings (SSSR count). The Bertz CT molecular complexity index is 666. The van der Waals surface area contributed by atoms with Gasteiger partial charge in [0.25, 0.3) is 0 Å². The lowest BCUT2D eigenvalue weighted by Crippen LogP contribution is -2.31. The molecular weight excluding hydrogens is 339 g/mol. The summed E-state index contributed by atoms with van der Waals surface area (Å²) in [6.07, 6.45) is -2.98. The second-order valence-corrected chi connectivity index (χ2v) is 6.04. The Labute approximate surface area is 142 Å². The van der Waals surface area contributed by atoms with Crippen molar-refractivity contribution in [2.45, 2.75) is 19.3 Å². The maximum absolute atomic E-state index is 12.4. The van der Waals surface area contributed by atoms with E-state index in [1.165, 1.54) is 24.3 Å². The SMILES string of the molecule is C=CCN(Cc1cccs1)C(=O)Cc1ccc(OC(F)(F)F)cc1. The van der Waals surface area contributed by atoms with Gasteiger partial charge in [0.2, 0.25) is 5.91 Å². The van der Waals surface area contributed by atoms with E-state index in [2.05, 4.69) is 11.3 Å². The molecule has 0 spiro atoms. The fourth-order valence-corrected chi connectivity index (χ4v) is 2.82. The Morgan fingerprint density at radius 1 is 1.25 bits per heavy atom. The average molecular weight is 355 g/mol. The van der Waals surface area contributed by atoms with Crippen LogP contribution in [0.15, 0.2) is 54.4 Å². The van der Waals surface area contributed by atoms with Crippen LogP contribution in [0.4, 0.5) is 13.2 Å². The molecular formula is C17H16F3NO2S. The minimum Gasteiger partial charge on any atom is -0.406 e. The summed E-state index contributed by atoms with van der Waals surface area (Å²) in [6.45, 7) is 4.54. The van der Waals surface area contributed by atoms with Crippen molar-refractivity contribution < 1.29 is 22.7 Å². The normalized spacial score (nSPS) is 11.1. The van der Waals surface area contributed by atoms with Crippen molar-refractivity contribution in [2.75, 3.05) is 6.54 Å². The molecule has 24 heavy (non-hydrogen) atoms. The van der Waals surface area contributed by atoms with Gasteiger partial charge >= 0.3 is 6.36 Å². The van der Waals surface area contributed by atoms with Crippen molar-refractivity contribution in [3.8, 4) is 5.75 Å². The number of carbonyl (C=O) groups excluding carboxylic acids is 1. The van der Waals surface area contributed by atoms with Crippen molar-refractivity contribution in [2.24, 2.45) is 0 Å². The Balaban J connectivity index is 1.99. The van der Waals surface area contributed by atoms with Gasteiger partial charge in [-0.3, -0.25) is 4.79 Å². The van der Waals surface area contributed by atoms with E-state index in [-0.39, 0.29) is 18.1 Å². The number of carbonyl (C=O) groups is 1. The van der Waals surface area contributed by atoms with Crippen LogP contribution in [0.2, 0.25) is 0 Å². The molecule has 1 heterocycles. The first-order valence-electron chi connectivity index (χ1n) is 7.13. The number of benzene rings is 1. The van der Waals surface area contributed by atoms with Crippen LogP contribution >= 0.6 is 11.3 Å². The van der Waals surface area contributed by atoms with E-state index in [4.69, 9.17) is 0 Å². The number of hydrogen-bond acceptors (Lipinski definition) is 3. The van der Waals surface area contributed by atoms with Gasteiger partial charge in [0, 0.05) is 11.4 Å². The van der Waals surface area contributed by atoms with Gasteiger partial charge in [-0.1, -0.05) is 24.3 Å². The molecule has 7 heteroatoms. The molecule has 0 radical (unpaired) electrons. The molecule has 0 aliphatic heterocycles. The summed E-state index contributed by atoms with van der Waals surface area (Å²) >= 11 is 1.56. The monoisotopic (exact) mass is 355 g/mol. The number of amides is 1. The van der Waals surface area contributed by atoms with Crippen molar-refractivity contribution >= 4 is 17.2 Å². The fraction of sp³-hybridized carbons (Fsp3) is 0.235. The molecule has 2 aromatic rings. The predicted octanol–water partition coefficient (Wildman–Crippen LogP) is 4.40. The molecule has 0 unspecified atom stereocenters. The van der Waals surface area contributed by atoms with Gasteiger partial charge in [0.05, 0.1) is 13.0 Å². The van der Waals surface area contributed by atoms with E-state index in [1.54, 1.807) is 22.3 Å². The molecule has 0 fully saturated rings. The number of rotatable bonds is 7. The molecule has 0 saturated heterocycles. The zero-order valence-electron chi connectivity index (χ0n) is 12.8. The molecule has 0 aliphatic rings. The molecule has 0 aliphatic carbocycles. The van der Waals surface area contributed by atoms with Crippen LogP contribution in [0.3, 0.4) is 0 Å². The number of ether oxygens (including phenoxy) is 1. The van der Waals surface area contributed by atoms with Crippen molar-refractivity contribution in [1.29, 1.82) is 0 Å². The van der Waals surface area contributed by atoms with Crippen LogP contribution in [-0.2, 0) is 17.8 Å². The van der Waals surface area contributed by atoms with Gasteiger partial charge in [-0.15, -0.1) is 31.1 Å². The van der Waals surface area contributed by atoms with Gasteiger partial charge in [-0.05, 0) is 29.1 Å². The molecule has 0 bridgehead atoms. The first-order chi connectivity index (χ1) is 11.4. The van der Waals surface area contributed by atoms with Gasteiger partial charge < -0.3 is 9.64 Å². The summed E-state index contributed by atoms with van der Waals surface area (Å²) in [7, 11) is 0. The highest BCUT2D eigenvalue weighted by molar-refractivity contribution is 7.09. The first kappa shape index (κ1) is 18.1. The minimum absolute atomic E-state index is 0.103. The topological polar surface area (TPSA) is 29.5 Å². The van der Waals surface area contributed by atoms with Crippen LogP contribution in [0.25, 0.3) is 0 Å².